The van der Waals surface area contributed by atoms with Crippen LogP contribution in [-0.4, -0.2) is 35.6 Å². The van der Waals surface area contributed by atoms with Crippen molar-refractivity contribution in [2.75, 3.05) is 6.54 Å². The molecule has 6 nitrogen and oxygen atoms in total. The van der Waals surface area contributed by atoms with Gasteiger partial charge in [-0.05, 0) is 38.5 Å². The van der Waals surface area contributed by atoms with E-state index >= 15 is 0 Å². The van der Waals surface area contributed by atoms with E-state index in [0.29, 0.717) is 12.8 Å². The summed E-state index contributed by atoms with van der Waals surface area (Å²) in [6.45, 7) is 4.23. The fourth-order valence-electron chi connectivity index (χ4n) is 6.99. The van der Waals surface area contributed by atoms with Crippen molar-refractivity contribution in [1.82, 2.24) is 5.32 Å². The number of hydrogen-bond donors (Lipinski definition) is 2. The van der Waals surface area contributed by atoms with Crippen molar-refractivity contribution >= 4 is 17.8 Å². The van der Waals surface area contributed by atoms with Crippen LogP contribution in [0.15, 0.2) is 0 Å². The quantitative estimate of drug-likeness (QED) is 0.0487. The van der Waals surface area contributed by atoms with Crippen LogP contribution in [0.4, 0.5) is 0 Å². The van der Waals surface area contributed by atoms with Crippen LogP contribution in [0.2, 0.25) is 0 Å². The molecule has 296 valence electrons. The van der Waals surface area contributed by atoms with Gasteiger partial charge in [-0.1, -0.05) is 200 Å². The van der Waals surface area contributed by atoms with Crippen LogP contribution >= 0.6 is 0 Å². The van der Waals surface area contributed by atoms with Crippen LogP contribution in [0.1, 0.15) is 251 Å². The summed E-state index contributed by atoms with van der Waals surface area (Å²) in [5, 5.41) is 11.1. The molecule has 0 aromatic heterocycles. The number of nitrogens with one attached hydrogen (secondary N) is 1. The van der Waals surface area contributed by atoms with Gasteiger partial charge in [0.15, 0.2) is 0 Å². The molecule has 0 radical (unpaired) electrons. The smallest absolute Gasteiger partial charge is 0.322 e. The molecule has 0 rings (SSSR count). The average molecular weight is 708 g/mol. The summed E-state index contributed by atoms with van der Waals surface area (Å²) >= 11 is 0. The maximum atomic E-state index is 12.7. The molecule has 0 fully saturated rings. The topological polar surface area (TPSA) is 92.7 Å². The number of hydrogen-bond acceptors (Lipinski definition) is 4. The van der Waals surface area contributed by atoms with Crippen molar-refractivity contribution in [3.63, 3.8) is 0 Å². The van der Waals surface area contributed by atoms with E-state index in [1.54, 1.807) is 0 Å². The second-order valence-corrected chi connectivity index (χ2v) is 15.3. The Hall–Kier alpha value is -1.59. The van der Waals surface area contributed by atoms with Gasteiger partial charge >= 0.3 is 11.9 Å². The lowest BCUT2D eigenvalue weighted by molar-refractivity contribution is -0.150. The maximum absolute atomic E-state index is 12.7. The number of amides is 1. The summed E-state index contributed by atoms with van der Waals surface area (Å²) in [5.41, 5.74) is 0. The third kappa shape index (κ3) is 39.2. The standard InChI is InChI=1S/C44H85NO5/c1-3-5-7-9-11-12-13-14-15-16-17-18-19-20-21-22-23-24-26-31-35-39-44(49)50-41(36-32-28-25-10-8-6-4-2)37-33-29-27-30-34-38-42(46)45-40-43(47)48/h41H,3-40H2,1-2H3,(H,45,46)(H,47,48). The molecule has 0 saturated carbocycles. The van der Waals surface area contributed by atoms with Crippen molar-refractivity contribution in [1.29, 1.82) is 0 Å². The number of esters is 1. The van der Waals surface area contributed by atoms with Crippen LogP contribution in [0.3, 0.4) is 0 Å². The van der Waals surface area contributed by atoms with Crippen molar-refractivity contribution in [2.24, 2.45) is 0 Å². The van der Waals surface area contributed by atoms with Crippen LogP contribution < -0.4 is 5.32 Å². The summed E-state index contributed by atoms with van der Waals surface area (Å²) < 4.78 is 6.01. The Balaban J connectivity index is 3.86. The Morgan fingerprint density at radius 2 is 0.740 bits per heavy atom. The van der Waals surface area contributed by atoms with Crippen molar-refractivity contribution < 1.29 is 24.2 Å². The molecule has 0 aliphatic rings. The van der Waals surface area contributed by atoms with Gasteiger partial charge in [0.1, 0.15) is 12.6 Å². The largest absolute Gasteiger partial charge is 0.480 e. The number of unbranched alkanes of at least 4 members (excludes halogenated alkanes) is 30. The molecule has 0 heterocycles. The lowest BCUT2D eigenvalue weighted by atomic mass is 10.0. The third-order valence-electron chi connectivity index (χ3n) is 10.3. The highest BCUT2D eigenvalue weighted by Crippen LogP contribution is 2.19. The minimum atomic E-state index is -1.01. The molecule has 1 unspecified atom stereocenters. The molecule has 0 aliphatic carbocycles. The van der Waals surface area contributed by atoms with Crippen LogP contribution in [0.25, 0.3) is 0 Å². The van der Waals surface area contributed by atoms with E-state index in [1.807, 2.05) is 0 Å². The molecule has 0 aromatic carbocycles. The zero-order chi connectivity index (χ0) is 36.6. The summed E-state index contributed by atoms with van der Waals surface area (Å²) in [4.78, 5) is 34.9. The molecule has 0 aromatic rings. The van der Waals surface area contributed by atoms with Gasteiger partial charge in [0, 0.05) is 12.8 Å². The highest BCUT2D eigenvalue weighted by atomic mass is 16.5. The number of aliphatic carboxylic acids is 1. The normalized spacial score (nSPS) is 11.9. The van der Waals surface area contributed by atoms with Crippen LogP contribution in [0.5, 0.6) is 0 Å². The maximum Gasteiger partial charge on any atom is 0.322 e. The van der Waals surface area contributed by atoms with E-state index in [1.165, 1.54) is 161 Å². The fraction of sp³-hybridized carbons (Fsp3) is 0.932. The second-order valence-electron chi connectivity index (χ2n) is 15.3. The van der Waals surface area contributed by atoms with Gasteiger partial charge < -0.3 is 15.2 Å². The van der Waals surface area contributed by atoms with Gasteiger partial charge in [0.05, 0.1) is 0 Å². The highest BCUT2D eigenvalue weighted by molar-refractivity contribution is 5.80. The number of carboxylic acid groups (broad SMARTS) is 1. The number of ether oxygens (including phenoxy) is 1. The Bertz CT molecular complexity index is 742. The molecule has 6 heteroatoms. The van der Waals surface area contributed by atoms with Crippen molar-refractivity contribution in [3.05, 3.63) is 0 Å². The van der Waals surface area contributed by atoms with Gasteiger partial charge in [0.25, 0.3) is 0 Å². The first-order valence-electron chi connectivity index (χ1n) is 22.2. The lowest BCUT2D eigenvalue weighted by Crippen LogP contribution is -2.28. The van der Waals surface area contributed by atoms with Gasteiger partial charge in [0.2, 0.25) is 5.91 Å². The Labute approximate surface area is 310 Å². The molecule has 2 N–H and O–H groups in total. The van der Waals surface area contributed by atoms with Gasteiger partial charge in [-0.2, -0.15) is 0 Å². The van der Waals surface area contributed by atoms with Crippen LogP contribution in [0, 0.1) is 0 Å². The molecule has 0 bridgehead atoms. The summed E-state index contributed by atoms with van der Waals surface area (Å²) in [5.74, 6) is -1.21. The summed E-state index contributed by atoms with van der Waals surface area (Å²) in [6, 6.07) is 0. The van der Waals surface area contributed by atoms with E-state index in [-0.39, 0.29) is 24.5 Å². The zero-order valence-corrected chi connectivity index (χ0v) is 33.5. The van der Waals surface area contributed by atoms with E-state index in [4.69, 9.17) is 9.84 Å². The van der Waals surface area contributed by atoms with E-state index in [0.717, 1.165) is 64.2 Å². The Morgan fingerprint density at radius 3 is 1.08 bits per heavy atom. The molecule has 0 saturated heterocycles. The van der Waals surface area contributed by atoms with E-state index < -0.39 is 5.97 Å². The second kappa shape index (κ2) is 40.2. The van der Waals surface area contributed by atoms with E-state index in [9.17, 15) is 14.4 Å². The van der Waals surface area contributed by atoms with Gasteiger partial charge in [-0.25, -0.2) is 0 Å². The molecule has 0 aliphatic heterocycles. The SMILES string of the molecule is CCCCCCCCCCCCCCCCCCCCCCCC(=O)OC(CCCCCCCCC)CCCCCCCC(=O)NCC(=O)O. The van der Waals surface area contributed by atoms with Gasteiger partial charge in [-0.3, -0.25) is 14.4 Å². The number of carbonyl (C=O) groups excluding carboxylic acids is 2. The highest BCUT2D eigenvalue weighted by Gasteiger charge is 2.14. The first-order chi connectivity index (χ1) is 24.5. The molecular weight excluding hydrogens is 622 g/mol. The predicted molar refractivity (Wildman–Crippen MR) is 213 cm³/mol. The third-order valence-corrected chi connectivity index (χ3v) is 10.3. The lowest BCUT2D eigenvalue weighted by Gasteiger charge is -2.18. The van der Waals surface area contributed by atoms with Crippen LogP contribution in [-0.2, 0) is 19.1 Å². The fourth-order valence-corrected chi connectivity index (χ4v) is 6.99. The minimum absolute atomic E-state index is 0.0110. The average Bonchev–Trinajstić information content (AvgIpc) is 3.10. The molecule has 50 heavy (non-hydrogen) atoms. The van der Waals surface area contributed by atoms with Crippen molar-refractivity contribution in [2.45, 2.75) is 258 Å². The minimum Gasteiger partial charge on any atom is -0.480 e. The first-order valence-corrected chi connectivity index (χ1v) is 22.2. The molecule has 0 spiro atoms. The molecule has 1 atom stereocenters. The molecular formula is C44H85NO5. The van der Waals surface area contributed by atoms with E-state index in [2.05, 4.69) is 19.2 Å². The number of rotatable bonds is 41. The number of carbonyl (C=O) groups is 3. The predicted octanol–water partition coefficient (Wildman–Crippen LogP) is 13.6. The summed E-state index contributed by atoms with van der Waals surface area (Å²) in [7, 11) is 0. The Morgan fingerprint density at radius 1 is 0.440 bits per heavy atom. The zero-order valence-electron chi connectivity index (χ0n) is 33.5. The first kappa shape index (κ1) is 48.4. The molecule has 1 amide bonds. The van der Waals surface area contributed by atoms with Crippen molar-refractivity contribution in [3.8, 4) is 0 Å². The summed E-state index contributed by atoms with van der Waals surface area (Å²) in [6.07, 6.45) is 45.3. The Kier molecular flexibility index (Phi) is 38.9. The monoisotopic (exact) mass is 708 g/mol. The van der Waals surface area contributed by atoms with Gasteiger partial charge in [-0.15, -0.1) is 0 Å². The number of carboxylic acids is 1.